The standard InChI is InChI=1S/C13H20N2O4S/c1-19-10-11-4-6-15(7-5-11)20(17,18)13-3-2-12(9-16)8-14-13/h2-3,8,11,16H,4-7,9-10H2,1H3. The van der Waals surface area contributed by atoms with Crippen molar-refractivity contribution in [2.75, 3.05) is 26.8 Å². The van der Waals surface area contributed by atoms with Crippen LogP contribution >= 0.6 is 0 Å². The lowest BCUT2D eigenvalue weighted by molar-refractivity contribution is 0.121. The van der Waals surface area contributed by atoms with E-state index in [2.05, 4.69) is 4.98 Å². The fourth-order valence-corrected chi connectivity index (χ4v) is 3.72. The quantitative estimate of drug-likeness (QED) is 0.862. The van der Waals surface area contributed by atoms with Crippen molar-refractivity contribution in [2.45, 2.75) is 24.5 Å². The average molecular weight is 300 g/mol. The van der Waals surface area contributed by atoms with Crippen LogP contribution < -0.4 is 0 Å². The predicted octanol–water partition coefficient (Wildman–Crippen LogP) is 0.621. The Morgan fingerprint density at radius 1 is 1.40 bits per heavy atom. The van der Waals surface area contributed by atoms with Crippen LogP contribution in [0.5, 0.6) is 0 Å². The molecule has 1 aliphatic rings. The summed E-state index contributed by atoms with van der Waals surface area (Å²) in [6.45, 7) is 1.53. The second kappa shape index (κ2) is 6.62. The summed E-state index contributed by atoms with van der Waals surface area (Å²) in [6, 6.07) is 3.03. The van der Waals surface area contributed by atoms with Gasteiger partial charge in [0.2, 0.25) is 0 Å². The van der Waals surface area contributed by atoms with Crippen LogP contribution in [0.3, 0.4) is 0 Å². The van der Waals surface area contributed by atoms with E-state index in [4.69, 9.17) is 9.84 Å². The lowest BCUT2D eigenvalue weighted by Crippen LogP contribution is -2.39. The third-order valence-electron chi connectivity index (χ3n) is 3.56. The second-order valence-electron chi connectivity index (χ2n) is 4.97. The number of aliphatic hydroxyl groups excluding tert-OH is 1. The first-order chi connectivity index (χ1) is 9.57. The number of hydrogen-bond donors (Lipinski definition) is 1. The molecule has 0 aliphatic carbocycles. The van der Waals surface area contributed by atoms with E-state index in [-0.39, 0.29) is 11.6 Å². The zero-order valence-corrected chi connectivity index (χ0v) is 12.3. The highest BCUT2D eigenvalue weighted by molar-refractivity contribution is 7.89. The Balaban J connectivity index is 2.07. The number of methoxy groups -OCH3 is 1. The maximum Gasteiger partial charge on any atom is 0.260 e. The molecule has 0 aromatic carbocycles. The molecule has 0 spiro atoms. The molecule has 20 heavy (non-hydrogen) atoms. The topological polar surface area (TPSA) is 79.7 Å². The van der Waals surface area contributed by atoms with E-state index < -0.39 is 10.0 Å². The molecule has 1 saturated heterocycles. The van der Waals surface area contributed by atoms with Gasteiger partial charge in [0.25, 0.3) is 10.0 Å². The molecule has 1 aliphatic heterocycles. The number of aliphatic hydroxyl groups is 1. The number of ether oxygens (including phenoxy) is 1. The third kappa shape index (κ3) is 3.35. The van der Waals surface area contributed by atoms with E-state index in [0.717, 1.165) is 12.8 Å². The zero-order valence-electron chi connectivity index (χ0n) is 11.5. The summed E-state index contributed by atoms with van der Waals surface area (Å²) in [4.78, 5) is 3.94. The summed E-state index contributed by atoms with van der Waals surface area (Å²) in [6.07, 6.45) is 3.01. The van der Waals surface area contributed by atoms with E-state index in [9.17, 15) is 8.42 Å². The van der Waals surface area contributed by atoms with Gasteiger partial charge in [-0.25, -0.2) is 13.4 Å². The Labute approximate surface area is 119 Å². The van der Waals surface area contributed by atoms with Crippen molar-refractivity contribution in [3.8, 4) is 0 Å². The normalized spacial score (nSPS) is 18.3. The fraction of sp³-hybridized carbons (Fsp3) is 0.615. The van der Waals surface area contributed by atoms with Crippen molar-refractivity contribution in [1.82, 2.24) is 9.29 Å². The summed E-state index contributed by atoms with van der Waals surface area (Å²) in [5.74, 6) is 0.427. The smallest absolute Gasteiger partial charge is 0.260 e. The van der Waals surface area contributed by atoms with Crippen molar-refractivity contribution in [2.24, 2.45) is 5.92 Å². The molecular formula is C13H20N2O4S. The van der Waals surface area contributed by atoms with E-state index in [0.29, 0.717) is 31.2 Å². The van der Waals surface area contributed by atoms with E-state index in [1.807, 2.05) is 0 Å². The Hall–Kier alpha value is -1.02. The number of rotatable bonds is 5. The van der Waals surface area contributed by atoms with Gasteiger partial charge in [-0.15, -0.1) is 0 Å². The molecule has 0 saturated carbocycles. The second-order valence-corrected chi connectivity index (χ2v) is 6.85. The number of nitrogens with zero attached hydrogens (tertiary/aromatic N) is 2. The highest BCUT2D eigenvalue weighted by Gasteiger charge is 2.30. The maximum absolute atomic E-state index is 12.4. The molecule has 2 heterocycles. The number of hydrogen-bond acceptors (Lipinski definition) is 5. The summed E-state index contributed by atoms with van der Waals surface area (Å²) in [7, 11) is -1.86. The van der Waals surface area contributed by atoms with Gasteiger partial charge >= 0.3 is 0 Å². The molecule has 0 unspecified atom stereocenters. The van der Waals surface area contributed by atoms with Crippen molar-refractivity contribution in [3.63, 3.8) is 0 Å². The summed E-state index contributed by atoms with van der Waals surface area (Å²) >= 11 is 0. The lowest BCUT2D eigenvalue weighted by Gasteiger charge is -2.30. The Morgan fingerprint density at radius 3 is 2.60 bits per heavy atom. The van der Waals surface area contributed by atoms with Crippen LogP contribution in [-0.2, 0) is 21.4 Å². The average Bonchev–Trinajstić information content (AvgIpc) is 2.48. The number of sulfonamides is 1. The Bertz CT molecular complexity index is 522. The molecule has 1 aromatic heterocycles. The van der Waals surface area contributed by atoms with Crippen LogP contribution in [0.4, 0.5) is 0 Å². The van der Waals surface area contributed by atoms with Gasteiger partial charge in [-0.1, -0.05) is 6.07 Å². The van der Waals surface area contributed by atoms with Crippen LogP contribution in [0, 0.1) is 5.92 Å². The number of piperidine rings is 1. The van der Waals surface area contributed by atoms with Crippen LogP contribution in [0.25, 0.3) is 0 Å². The molecule has 0 atom stereocenters. The van der Waals surface area contributed by atoms with Gasteiger partial charge < -0.3 is 9.84 Å². The van der Waals surface area contributed by atoms with Crippen molar-refractivity contribution >= 4 is 10.0 Å². The first-order valence-corrected chi connectivity index (χ1v) is 8.07. The molecule has 0 amide bonds. The molecule has 7 heteroatoms. The minimum atomic E-state index is -3.53. The van der Waals surface area contributed by atoms with Crippen molar-refractivity contribution in [3.05, 3.63) is 23.9 Å². The third-order valence-corrected chi connectivity index (χ3v) is 5.38. The monoisotopic (exact) mass is 300 g/mol. The predicted molar refractivity (Wildman–Crippen MR) is 73.5 cm³/mol. The lowest BCUT2D eigenvalue weighted by atomic mass is 9.99. The van der Waals surface area contributed by atoms with Gasteiger partial charge in [0.05, 0.1) is 6.61 Å². The van der Waals surface area contributed by atoms with Gasteiger partial charge in [-0.05, 0) is 30.4 Å². The van der Waals surface area contributed by atoms with Gasteiger partial charge in [0.1, 0.15) is 0 Å². The van der Waals surface area contributed by atoms with Crippen molar-refractivity contribution < 1.29 is 18.3 Å². The fourth-order valence-electron chi connectivity index (χ4n) is 2.34. The highest BCUT2D eigenvalue weighted by atomic mass is 32.2. The van der Waals surface area contributed by atoms with Gasteiger partial charge in [0.15, 0.2) is 5.03 Å². The molecule has 6 nitrogen and oxygen atoms in total. The largest absolute Gasteiger partial charge is 0.392 e. The molecule has 1 fully saturated rings. The van der Waals surface area contributed by atoms with Crippen LogP contribution in [-0.4, -0.2) is 49.6 Å². The zero-order chi connectivity index (χ0) is 14.6. The van der Waals surface area contributed by atoms with Crippen molar-refractivity contribution in [1.29, 1.82) is 0 Å². The van der Waals surface area contributed by atoms with E-state index >= 15 is 0 Å². The maximum atomic E-state index is 12.4. The molecular weight excluding hydrogens is 280 g/mol. The Kier molecular flexibility index (Phi) is 5.09. The van der Waals surface area contributed by atoms with Gasteiger partial charge in [-0.3, -0.25) is 0 Å². The number of pyridine rings is 1. The first-order valence-electron chi connectivity index (χ1n) is 6.63. The first kappa shape index (κ1) is 15.4. The summed E-state index contributed by atoms with van der Waals surface area (Å²) < 4.78 is 31.4. The van der Waals surface area contributed by atoms with Crippen LogP contribution in [0.15, 0.2) is 23.4 Å². The summed E-state index contributed by atoms with van der Waals surface area (Å²) in [5, 5.41) is 8.99. The Morgan fingerprint density at radius 2 is 2.10 bits per heavy atom. The molecule has 112 valence electrons. The molecule has 2 rings (SSSR count). The van der Waals surface area contributed by atoms with Crippen LogP contribution in [0.2, 0.25) is 0 Å². The van der Waals surface area contributed by atoms with E-state index in [1.165, 1.54) is 16.6 Å². The highest BCUT2D eigenvalue weighted by Crippen LogP contribution is 2.23. The van der Waals surface area contributed by atoms with Crippen LogP contribution in [0.1, 0.15) is 18.4 Å². The molecule has 0 radical (unpaired) electrons. The SMILES string of the molecule is COCC1CCN(S(=O)(=O)c2ccc(CO)cn2)CC1. The summed E-state index contributed by atoms with van der Waals surface area (Å²) in [5.41, 5.74) is 0.600. The molecule has 1 N–H and O–H groups in total. The number of aromatic nitrogens is 1. The molecule has 0 bridgehead atoms. The minimum absolute atomic E-state index is 0.0416. The van der Waals surface area contributed by atoms with Gasteiger partial charge in [0, 0.05) is 33.0 Å². The minimum Gasteiger partial charge on any atom is -0.392 e. The molecule has 1 aromatic rings. The van der Waals surface area contributed by atoms with E-state index in [1.54, 1.807) is 13.2 Å². The van der Waals surface area contributed by atoms with Gasteiger partial charge in [-0.2, -0.15) is 4.31 Å².